The number of benzene rings is 2. The Kier molecular flexibility index (Phi) is 8.53. The second-order valence-corrected chi connectivity index (χ2v) is 9.33. The monoisotopic (exact) mass is 542 g/mol. The van der Waals surface area contributed by atoms with Gasteiger partial charge in [-0.25, -0.2) is 19.6 Å². The molecule has 1 amide bonds. The number of aromatic carboxylic acids is 1. The SMILES string of the molecule is CCOC(=O)NC(=NC)Nc1ccc(-c2ccc3c(c2)c(=O)c(C(=O)O)cn3CC(C)C)cc1-c1ncccn1. The van der Waals surface area contributed by atoms with Crippen LogP contribution < -0.4 is 16.1 Å². The van der Waals surface area contributed by atoms with Gasteiger partial charge in [-0.3, -0.25) is 15.1 Å². The number of pyridine rings is 1. The van der Waals surface area contributed by atoms with E-state index in [1.807, 2.05) is 42.7 Å². The molecule has 0 unspecified atom stereocenters. The van der Waals surface area contributed by atoms with E-state index < -0.39 is 17.5 Å². The summed E-state index contributed by atoms with van der Waals surface area (Å²) in [6.45, 7) is 6.53. The molecule has 0 aliphatic carbocycles. The molecular formula is C29H30N6O5. The molecule has 0 bridgehead atoms. The van der Waals surface area contributed by atoms with Crippen LogP contribution in [0.25, 0.3) is 33.4 Å². The number of amides is 1. The minimum atomic E-state index is -1.27. The Morgan fingerprint density at radius 3 is 2.45 bits per heavy atom. The maximum Gasteiger partial charge on any atom is 0.413 e. The molecule has 0 saturated heterocycles. The Balaban J connectivity index is 1.83. The van der Waals surface area contributed by atoms with Crippen LogP contribution in [0.1, 0.15) is 31.1 Å². The number of alkyl carbamates (subject to hydrolysis) is 1. The topological polar surface area (TPSA) is 148 Å². The normalized spacial score (nSPS) is 11.5. The number of nitrogens with zero attached hydrogens (tertiary/aromatic N) is 4. The highest BCUT2D eigenvalue weighted by atomic mass is 16.5. The zero-order valence-electron chi connectivity index (χ0n) is 22.6. The first-order chi connectivity index (χ1) is 19.2. The summed E-state index contributed by atoms with van der Waals surface area (Å²) in [7, 11) is 1.52. The number of anilines is 1. The lowest BCUT2D eigenvalue weighted by Gasteiger charge is -2.17. The smallest absolute Gasteiger partial charge is 0.413 e. The van der Waals surface area contributed by atoms with Gasteiger partial charge in [0.15, 0.2) is 5.82 Å². The molecule has 0 radical (unpaired) electrons. The molecule has 4 aromatic rings. The lowest BCUT2D eigenvalue weighted by atomic mass is 9.98. The van der Waals surface area contributed by atoms with Crippen molar-refractivity contribution >= 4 is 34.6 Å². The number of guanidine groups is 1. The van der Waals surface area contributed by atoms with Crippen LogP contribution in [0.5, 0.6) is 0 Å². The van der Waals surface area contributed by atoms with Gasteiger partial charge < -0.3 is 19.7 Å². The Morgan fingerprint density at radius 1 is 1.10 bits per heavy atom. The van der Waals surface area contributed by atoms with Crippen molar-refractivity contribution in [2.24, 2.45) is 10.9 Å². The average Bonchev–Trinajstić information content (AvgIpc) is 2.94. The molecule has 2 heterocycles. The van der Waals surface area contributed by atoms with Crippen molar-refractivity contribution < 1.29 is 19.4 Å². The molecular weight excluding hydrogens is 512 g/mol. The maximum atomic E-state index is 13.1. The van der Waals surface area contributed by atoms with E-state index in [1.54, 1.807) is 37.5 Å². The molecule has 0 saturated carbocycles. The minimum absolute atomic E-state index is 0.168. The average molecular weight is 543 g/mol. The van der Waals surface area contributed by atoms with Crippen LogP contribution in [0.15, 0.2) is 70.8 Å². The molecule has 0 atom stereocenters. The summed E-state index contributed by atoms with van der Waals surface area (Å²) in [6, 6.07) is 12.6. The molecule has 11 nitrogen and oxygen atoms in total. The summed E-state index contributed by atoms with van der Waals surface area (Å²) in [6.07, 6.45) is 4.00. The number of ether oxygens (including phenoxy) is 1. The maximum absolute atomic E-state index is 13.1. The Bertz CT molecular complexity index is 1650. The number of aliphatic imine (C=N–C) groups is 1. The first-order valence-corrected chi connectivity index (χ1v) is 12.7. The van der Waals surface area contributed by atoms with Crippen molar-refractivity contribution in [1.29, 1.82) is 0 Å². The molecule has 0 aliphatic rings. The van der Waals surface area contributed by atoms with Crippen LogP contribution in [-0.2, 0) is 11.3 Å². The highest BCUT2D eigenvalue weighted by Gasteiger charge is 2.17. The number of hydrogen-bond donors (Lipinski definition) is 3. The van der Waals surface area contributed by atoms with Crippen molar-refractivity contribution in [3.05, 3.63) is 76.8 Å². The summed E-state index contributed by atoms with van der Waals surface area (Å²) in [5.74, 6) is -0.429. The summed E-state index contributed by atoms with van der Waals surface area (Å²) in [4.78, 5) is 49.8. The summed E-state index contributed by atoms with van der Waals surface area (Å²) in [5.41, 5.74) is 2.49. The molecule has 206 valence electrons. The number of rotatable bonds is 7. The predicted octanol–water partition coefficient (Wildman–Crippen LogP) is 4.62. The van der Waals surface area contributed by atoms with Gasteiger partial charge in [-0.1, -0.05) is 26.0 Å². The van der Waals surface area contributed by atoms with Crippen LogP contribution in [0.4, 0.5) is 10.5 Å². The molecule has 0 spiro atoms. The van der Waals surface area contributed by atoms with Gasteiger partial charge in [-0.15, -0.1) is 0 Å². The van der Waals surface area contributed by atoms with Crippen LogP contribution in [0, 0.1) is 5.92 Å². The molecule has 2 aromatic heterocycles. The molecule has 11 heteroatoms. The highest BCUT2D eigenvalue weighted by Crippen LogP contribution is 2.32. The van der Waals surface area contributed by atoms with Crippen LogP contribution in [0.3, 0.4) is 0 Å². The van der Waals surface area contributed by atoms with Gasteiger partial charge in [0, 0.05) is 43.1 Å². The van der Waals surface area contributed by atoms with Gasteiger partial charge >= 0.3 is 12.1 Å². The zero-order chi connectivity index (χ0) is 28.8. The fraction of sp³-hybridized carbons (Fsp3) is 0.241. The van der Waals surface area contributed by atoms with Gasteiger partial charge in [-0.2, -0.15) is 0 Å². The Labute approximate surface area is 230 Å². The molecule has 4 rings (SSSR count). The predicted molar refractivity (Wildman–Crippen MR) is 154 cm³/mol. The molecule has 0 aliphatic heterocycles. The lowest BCUT2D eigenvalue weighted by Crippen LogP contribution is -2.36. The first kappa shape index (κ1) is 28.0. The van der Waals surface area contributed by atoms with E-state index in [2.05, 4.69) is 25.6 Å². The van der Waals surface area contributed by atoms with Gasteiger partial charge in [0.05, 0.1) is 17.8 Å². The fourth-order valence-corrected chi connectivity index (χ4v) is 4.26. The number of fused-ring (bicyclic) bond motifs is 1. The largest absolute Gasteiger partial charge is 0.477 e. The Morgan fingerprint density at radius 2 is 1.80 bits per heavy atom. The number of carbonyl (C=O) groups excluding carboxylic acids is 1. The second kappa shape index (κ2) is 12.2. The van der Waals surface area contributed by atoms with Gasteiger partial charge in [0.25, 0.3) is 0 Å². The number of nitrogens with one attached hydrogen (secondary N) is 2. The third kappa shape index (κ3) is 6.15. The van der Waals surface area contributed by atoms with Crippen molar-refractivity contribution in [2.75, 3.05) is 19.0 Å². The summed E-state index contributed by atoms with van der Waals surface area (Å²) >= 11 is 0. The highest BCUT2D eigenvalue weighted by molar-refractivity contribution is 6.04. The fourth-order valence-electron chi connectivity index (χ4n) is 4.26. The standard InChI is InChI=1S/C29H30N6O5/c1-5-40-29(39)34-28(30-4)33-23-9-7-18(13-20(23)26-31-11-6-12-32-26)19-8-10-24-21(14-19)25(36)22(27(37)38)16-35(24)15-17(2)3/h6-14,16-17H,5,15H2,1-4H3,(H,37,38)(H2,30,33,34,39). The molecule has 2 aromatic carbocycles. The van der Waals surface area contributed by atoms with Crippen molar-refractivity contribution in [1.82, 2.24) is 19.9 Å². The molecule has 3 N–H and O–H groups in total. The van der Waals surface area contributed by atoms with E-state index in [4.69, 9.17) is 4.74 Å². The molecule has 0 fully saturated rings. The molecule has 40 heavy (non-hydrogen) atoms. The van der Waals surface area contributed by atoms with Crippen LogP contribution in [0.2, 0.25) is 0 Å². The van der Waals surface area contributed by atoms with Crippen molar-refractivity contribution in [3.63, 3.8) is 0 Å². The van der Waals surface area contributed by atoms with Gasteiger partial charge in [0.1, 0.15) is 5.56 Å². The van der Waals surface area contributed by atoms with Crippen LogP contribution >= 0.6 is 0 Å². The van der Waals surface area contributed by atoms with Gasteiger partial charge in [-0.05, 0) is 54.3 Å². The quantitative estimate of drug-likeness (QED) is 0.226. The lowest BCUT2D eigenvalue weighted by molar-refractivity contribution is 0.0694. The number of carbonyl (C=O) groups is 2. The Hall–Kier alpha value is -5.06. The summed E-state index contributed by atoms with van der Waals surface area (Å²) < 4.78 is 6.75. The van der Waals surface area contributed by atoms with E-state index in [-0.39, 0.29) is 24.0 Å². The second-order valence-electron chi connectivity index (χ2n) is 9.33. The van der Waals surface area contributed by atoms with E-state index in [9.17, 15) is 19.5 Å². The third-order valence-electron chi connectivity index (χ3n) is 6.00. The van der Waals surface area contributed by atoms with Crippen LogP contribution in [-0.4, -0.2) is 51.3 Å². The van der Waals surface area contributed by atoms with Crippen molar-refractivity contribution in [2.45, 2.75) is 27.3 Å². The number of aromatic nitrogens is 3. The summed E-state index contributed by atoms with van der Waals surface area (Å²) in [5, 5.41) is 15.6. The zero-order valence-corrected chi connectivity index (χ0v) is 22.6. The third-order valence-corrected chi connectivity index (χ3v) is 6.00. The van der Waals surface area contributed by atoms with Crippen molar-refractivity contribution in [3.8, 4) is 22.5 Å². The number of carboxylic acids is 1. The number of carboxylic acid groups (broad SMARTS) is 1. The van der Waals surface area contributed by atoms with Gasteiger partial charge in [0.2, 0.25) is 11.4 Å². The number of hydrogen-bond acceptors (Lipinski definition) is 7. The van der Waals surface area contributed by atoms with E-state index in [0.29, 0.717) is 40.1 Å². The minimum Gasteiger partial charge on any atom is -0.477 e. The first-order valence-electron chi connectivity index (χ1n) is 12.7. The van der Waals surface area contributed by atoms with E-state index >= 15 is 0 Å². The van der Waals surface area contributed by atoms with E-state index in [1.165, 1.54) is 13.2 Å². The van der Waals surface area contributed by atoms with E-state index in [0.717, 1.165) is 5.56 Å².